The average molecular weight is 514 g/mol. The molecule has 0 spiro atoms. The molecule has 0 radical (unpaired) electrons. The third-order valence-electron chi connectivity index (χ3n) is 4.49. The summed E-state index contributed by atoms with van der Waals surface area (Å²) in [5, 5.41) is 17.6. The second-order valence-corrected chi connectivity index (χ2v) is 7.01. The Kier molecular flexibility index (Phi) is 10.4. The molecule has 3 rings (SSSR count). The molecular formula is C20H24F6N4O5. The van der Waals surface area contributed by atoms with E-state index in [9.17, 15) is 26.3 Å². The standard InChI is InChI=1S/C16H22N4O.2C2HF3O2/c1-12-4-5-13(2)20(12)16-10-15(21-3)14(11-18-16)19-8-6-17-7-9-19;2*3-2(4,5)1(6)7/h4-5,10-11,17H,6-9H2,1-3H3;2*(H,6,7). The summed E-state index contributed by atoms with van der Waals surface area (Å²) in [5.74, 6) is -3.72. The highest BCUT2D eigenvalue weighted by atomic mass is 19.4. The van der Waals surface area contributed by atoms with E-state index in [1.54, 1.807) is 7.11 Å². The lowest BCUT2D eigenvalue weighted by Crippen LogP contribution is -2.43. The van der Waals surface area contributed by atoms with Crippen LogP contribution in [0.1, 0.15) is 11.4 Å². The van der Waals surface area contributed by atoms with Gasteiger partial charge in [0.1, 0.15) is 11.6 Å². The van der Waals surface area contributed by atoms with Gasteiger partial charge in [-0.1, -0.05) is 0 Å². The van der Waals surface area contributed by atoms with Gasteiger partial charge < -0.3 is 29.7 Å². The van der Waals surface area contributed by atoms with E-state index in [0.717, 1.165) is 43.4 Å². The Labute approximate surface area is 195 Å². The fourth-order valence-corrected chi connectivity index (χ4v) is 2.88. The number of halogens is 6. The Morgan fingerprint density at radius 2 is 1.40 bits per heavy atom. The number of alkyl halides is 6. The Balaban J connectivity index is 0.000000362. The van der Waals surface area contributed by atoms with Crippen molar-refractivity contribution in [3.63, 3.8) is 0 Å². The number of carboxylic acid groups (broad SMARTS) is 2. The molecule has 2 aromatic heterocycles. The van der Waals surface area contributed by atoms with Crippen molar-refractivity contribution in [1.82, 2.24) is 14.9 Å². The number of piperazine rings is 1. The van der Waals surface area contributed by atoms with Gasteiger partial charge in [0.05, 0.1) is 19.0 Å². The van der Waals surface area contributed by atoms with Crippen LogP contribution >= 0.6 is 0 Å². The summed E-state index contributed by atoms with van der Waals surface area (Å²) in [4.78, 5) is 24.8. The number of nitrogens with zero attached hydrogens (tertiary/aromatic N) is 3. The van der Waals surface area contributed by atoms with Crippen LogP contribution in [0.3, 0.4) is 0 Å². The maximum Gasteiger partial charge on any atom is 0.490 e. The van der Waals surface area contributed by atoms with Crippen molar-refractivity contribution < 1.29 is 50.9 Å². The minimum atomic E-state index is -5.08. The van der Waals surface area contributed by atoms with E-state index in [2.05, 4.69) is 45.7 Å². The van der Waals surface area contributed by atoms with Gasteiger partial charge in [0.2, 0.25) is 0 Å². The fraction of sp³-hybridized carbons (Fsp3) is 0.450. The van der Waals surface area contributed by atoms with Gasteiger partial charge in [0.15, 0.2) is 0 Å². The predicted molar refractivity (Wildman–Crippen MR) is 112 cm³/mol. The molecule has 3 heterocycles. The SMILES string of the molecule is COc1cc(-n2c(C)ccc2C)ncc1N1CCNCC1.O=C(O)C(F)(F)F.O=C(O)C(F)(F)F. The largest absolute Gasteiger partial charge is 0.494 e. The van der Waals surface area contributed by atoms with E-state index in [-0.39, 0.29) is 0 Å². The first-order valence-electron chi connectivity index (χ1n) is 9.84. The number of ether oxygens (including phenoxy) is 1. The molecule has 0 unspecified atom stereocenters. The lowest BCUT2D eigenvalue weighted by Gasteiger charge is -2.30. The number of nitrogens with one attached hydrogen (secondary N) is 1. The summed E-state index contributed by atoms with van der Waals surface area (Å²) >= 11 is 0. The number of carbonyl (C=O) groups is 2. The monoisotopic (exact) mass is 514 g/mol. The maximum atomic E-state index is 10.6. The van der Waals surface area contributed by atoms with Gasteiger partial charge in [-0.2, -0.15) is 26.3 Å². The third kappa shape index (κ3) is 8.99. The van der Waals surface area contributed by atoms with E-state index in [1.165, 1.54) is 11.4 Å². The molecule has 3 N–H and O–H groups in total. The van der Waals surface area contributed by atoms with Crippen molar-refractivity contribution in [2.75, 3.05) is 38.2 Å². The average Bonchev–Trinajstić information content (AvgIpc) is 3.11. The van der Waals surface area contributed by atoms with Crippen LogP contribution in [0, 0.1) is 13.8 Å². The first-order valence-corrected chi connectivity index (χ1v) is 9.84. The number of pyridine rings is 1. The summed E-state index contributed by atoms with van der Waals surface area (Å²) in [6.07, 6.45) is -8.24. The summed E-state index contributed by atoms with van der Waals surface area (Å²) in [6, 6.07) is 6.23. The normalized spacial score (nSPS) is 13.7. The Morgan fingerprint density at radius 1 is 0.971 bits per heavy atom. The van der Waals surface area contributed by atoms with Crippen molar-refractivity contribution in [3.8, 4) is 11.6 Å². The molecule has 1 saturated heterocycles. The lowest BCUT2D eigenvalue weighted by molar-refractivity contribution is -0.193. The van der Waals surface area contributed by atoms with Crippen LogP contribution in [-0.4, -0.2) is 77.3 Å². The number of anilines is 1. The smallest absolute Gasteiger partial charge is 0.490 e. The van der Waals surface area contributed by atoms with Crippen LogP contribution in [0.5, 0.6) is 5.75 Å². The van der Waals surface area contributed by atoms with Crippen LogP contribution in [0.2, 0.25) is 0 Å². The third-order valence-corrected chi connectivity index (χ3v) is 4.49. The number of carboxylic acids is 2. The highest BCUT2D eigenvalue weighted by Gasteiger charge is 2.38. The van der Waals surface area contributed by atoms with Crippen LogP contribution in [0.25, 0.3) is 5.82 Å². The second kappa shape index (κ2) is 12.3. The summed E-state index contributed by atoms with van der Waals surface area (Å²) < 4.78 is 71.2. The minimum absolute atomic E-state index is 0.884. The lowest BCUT2D eigenvalue weighted by atomic mass is 10.2. The van der Waals surface area contributed by atoms with Crippen LogP contribution < -0.4 is 15.0 Å². The van der Waals surface area contributed by atoms with Gasteiger partial charge in [-0.3, -0.25) is 0 Å². The summed E-state index contributed by atoms with van der Waals surface area (Å²) in [6.45, 7) is 8.15. The molecule has 1 aliphatic heterocycles. The highest BCUT2D eigenvalue weighted by Crippen LogP contribution is 2.30. The van der Waals surface area contributed by atoms with Gasteiger partial charge in [-0.05, 0) is 26.0 Å². The second-order valence-electron chi connectivity index (χ2n) is 7.01. The number of rotatable bonds is 3. The van der Waals surface area contributed by atoms with Crippen LogP contribution in [0.15, 0.2) is 24.4 Å². The fourth-order valence-electron chi connectivity index (χ4n) is 2.88. The summed E-state index contributed by atoms with van der Waals surface area (Å²) in [7, 11) is 1.72. The van der Waals surface area contributed by atoms with E-state index in [4.69, 9.17) is 24.5 Å². The van der Waals surface area contributed by atoms with E-state index in [1.807, 2.05) is 12.3 Å². The minimum Gasteiger partial charge on any atom is -0.494 e. The van der Waals surface area contributed by atoms with E-state index < -0.39 is 24.3 Å². The molecule has 196 valence electrons. The molecule has 0 atom stereocenters. The molecule has 0 aliphatic carbocycles. The van der Waals surface area contributed by atoms with Crippen molar-refractivity contribution in [1.29, 1.82) is 0 Å². The quantitative estimate of drug-likeness (QED) is 0.535. The number of aromatic nitrogens is 2. The molecule has 0 amide bonds. The van der Waals surface area contributed by atoms with E-state index in [0.29, 0.717) is 0 Å². The van der Waals surface area contributed by atoms with Crippen LogP contribution in [0.4, 0.5) is 32.0 Å². The molecule has 2 aromatic rings. The number of hydrogen-bond donors (Lipinski definition) is 3. The number of methoxy groups -OCH3 is 1. The van der Waals surface area contributed by atoms with Crippen molar-refractivity contribution in [2.24, 2.45) is 0 Å². The molecule has 1 aliphatic rings. The van der Waals surface area contributed by atoms with Gasteiger partial charge in [-0.15, -0.1) is 0 Å². The summed E-state index contributed by atoms with van der Waals surface area (Å²) in [5.41, 5.74) is 3.43. The van der Waals surface area contributed by atoms with Gasteiger partial charge in [0.25, 0.3) is 0 Å². The van der Waals surface area contributed by atoms with Gasteiger partial charge in [-0.25, -0.2) is 14.6 Å². The number of aryl methyl sites for hydroxylation is 2. The molecule has 35 heavy (non-hydrogen) atoms. The van der Waals surface area contributed by atoms with Crippen LogP contribution in [-0.2, 0) is 9.59 Å². The highest BCUT2D eigenvalue weighted by molar-refractivity contribution is 5.73. The molecular weight excluding hydrogens is 490 g/mol. The molecule has 1 fully saturated rings. The van der Waals surface area contributed by atoms with Gasteiger partial charge in [0, 0.05) is 43.6 Å². The predicted octanol–water partition coefficient (Wildman–Crippen LogP) is 3.17. The molecule has 9 nitrogen and oxygen atoms in total. The number of aliphatic carboxylic acids is 2. The topological polar surface area (TPSA) is 117 Å². The van der Waals surface area contributed by atoms with Crippen molar-refractivity contribution >= 4 is 17.6 Å². The Morgan fingerprint density at radius 3 is 1.77 bits per heavy atom. The number of hydrogen-bond acceptors (Lipinski definition) is 6. The molecule has 0 aromatic carbocycles. The Hall–Kier alpha value is -3.49. The first kappa shape index (κ1) is 29.5. The van der Waals surface area contributed by atoms with Crippen molar-refractivity contribution in [2.45, 2.75) is 26.2 Å². The van der Waals surface area contributed by atoms with Crippen molar-refractivity contribution in [3.05, 3.63) is 35.8 Å². The molecule has 0 bridgehead atoms. The van der Waals surface area contributed by atoms with E-state index >= 15 is 0 Å². The Bertz CT molecular complexity index is 957. The molecule has 0 saturated carbocycles. The zero-order valence-electron chi connectivity index (χ0n) is 18.9. The first-order chi connectivity index (χ1) is 16.1. The molecule has 15 heteroatoms. The maximum absolute atomic E-state index is 10.6. The van der Waals surface area contributed by atoms with Gasteiger partial charge >= 0.3 is 24.3 Å². The zero-order chi connectivity index (χ0) is 27.0. The zero-order valence-corrected chi connectivity index (χ0v) is 18.9.